The summed E-state index contributed by atoms with van der Waals surface area (Å²) in [5, 5.41) is 0. The quantitative estimate of drug-likeness (QED) is 0.0586. The molecule has 0 fully saturated rings. The van der Waals surface area contributed by atoms with Crippen molar-refractivity contribution in [1.29, 1.82) is 0 Å². The minimum atomic E-state index is -5.75. The molecular formula is C48H102CrO4Sn2. The van der Waals surface area contributed by atoms with Crippen LogP contribution in [0.5, 0.6) is 0 Å². The first-order valence-electron chi connectivity index (χ1n) is 24.6. The van der Waals surface area contributed by atoms with Gasteiger partial charge in [-0.2, -0.15) is 0 Å². The van der Waals surface area contributed by atoms with E-state index in [0.717, 1.165) is 35.5 Å². The van der Waals surface area contributed by atoms with Crippen LogP contribution in [0.15, 0.2) is 0 Å². The van der Waals surface area contributed by atoms with Crippen LogP contribution in [-0.2, 0) is 21.2 Å². The molecule has 0 heterocycles. The SMILES string of the molecule is CCCCC(CC)[CH2][Sn+]([CH2]C(CC)CCCC)[CH2]C(CC)CCCC.CCCCC(CC)[CH2][Sn+]([CH2]C(CC)CCCC)[CH2]C(CC)CCCC.[O]=[Cr](=[O])([O-])[O-]. The summed E-state index contributed by atoms with van der Waals surface area (Å²) < 4.78 is 44.6. The normalized spacial score (nSPS) is 14.8. The Bertz CT molecular complexity index is 709. The van der Waals surface area contributed by atoms with E-state index >= 15 is 0 Å². The Morgan fingerprint density at radius 1 is 0.327 bits per heavy atom. The Hall–Kier alpha value is 1.65. The van der Waals surface area contributed by atoms with E-state index in [1.54, 1.807) is 26.6 Å². The van der Waals surface area contributed by atoms with Gasteiger partial charge in [-0.05, 0) is 0 Å². The molecular weight excluding hydrogens is 930 g/mol. The molecule has 4 nitrogen and oxygen atoms in total. The van der Waals surface area contributed by atoms with Crippen molar-refractivity contribution < 1.29 is 29.5 Å². The van der Waals surface area contributed by atoms with Gasteiger partial charge in [-0.25, -0.2) is 0 Å². The van der Waals surface area contributed by atoms with Gasteiger partial charge in [0, 0.05) is 0 Å². The van der Waals surface area contributed by atoms with Gasteiger partial charge < -0.3 is 0 Å². The number of hydrogen-bond acceptors (Lipinski definition) is 4. The first-order chi connectivity index (χ1) is 26.3. The van der Waals surface area contributed by atoms with E-state index in [1.807, 2.05) is 0 Å². The second kappa shape index (κ2) is 43.7. The molecule has 0 saturated carbocycles. The summed E-state index contributed by atoms with van der Waals surface area (Å²) in [6.45, 7) is 29.0. The summed E-state index contributed by atoms with van der Waals surface area (Å²) in [7, 11) is 0. The zero-order valence-electron chi connectivity index (χ0n) is 39.7. The predicted molar refractivity (Wildman–Crippen MR) is 242 cm³/mol. The Balaban J connectivity index is -0.000000874. The molecule has 0 rings (SSSR count). The Morgan fingerprint density at radius 2 is 0.455 bits per heavy atom. The Labute approximate surface area is 365 Å². The average Bonchev–Trinajstić information content (AvgIpc) is 3.17. The van der Waals surface area contributed by atoms with Crippen LogP contribution in [0.25, 0.3) is 0 Å². The van der Waals surface area contributed by atoms with Crippen molar-refractivity contribution in [3.05, 3.63) is 0 Å². The summed E-state index contributed by atoms with van der Waals surface area (Å²) in [6, 6.07) is 0. The number of rotatable bonds is 36. The molecule has 0 aromatic rings. The molecule has 0 aliphatic carbocycles. The number of unbranched alkanes of at least 4 members (excludes halogenated alkanes) is 6. The van der Waals surface area contributed by atoms with E-state index in [4.69, 9.17) is 15.9 Å². The summed E-state index contributed by atoms with van der Waals surface area (Å²) in [5.74, 6) is 6.43. The fourth-order valence-electron chi connectivity index (χ4n) is 8.61. The average molecular weight is 1030 g/mol. The zero-order valence-corrected chi connectivity index (χ0v) is 46.7. The van der Waals surface area contributed by atoms with Crippen LogP contribution in [0.1, 0.15) is 237 Å². The molecule has 55 heavy (non-hydrogen) atoms. The van der Waals surface area contributed by atoms with Gasteiger partial charge in [-0.1, -0.05) is 0 Å². The van der Waals surface area contributed by atoms with Crippen molar-refractivity contribution in [2.45, 2.75) is 264 Å². The first-order valence-corrected chi connectivity index (χ1v) is 38.8. The molecule has 0 spiro atoms. The van der Waals surface area contributed by atoms with E-state index in [9.17, 15) is 0 Å². The maximum absolute atomic E-state index is 8.59. The summed E-state index contributed by atoms with van der Waals surface area (Å²) in [4.78, 5) is 0. The van der Waals surface area contributed by atoms with Crippen LogP contribution < -0.4 is 8.32 Å². The van der Waals surface area contributed by atoms with Crippen molar-refractivity contribution in [3.63, 3.8) is 0 Å². The number of hydrogen-bond donors (Lipinski definition) is 0. The molecule has 0 saturated heterocycles. The standard InChI is InChI=1S/6C8H17.Cr.4O.2Sn/c6*1-4-6-7-8(3)5-2;;;;;;;/h6*8H,3-7H2,1-2H3;;;;;;;/q;;;;;;;;;2*-1;2*+1. The van der Waals surface area contributed by atoms with Crippen LogP contribution >= 0.6 is 0 Å². The fourth-order valence-corrected chi connectivity index (χ4v) is 33.9. The van der Waals surface area contributed by atoms with Crippen molar-refractivity contribution in [2.75, 3.05) is 0 Å². The molecule has 0 N–H and O–H groups in total. The summed E-state index contributed by atoms with van der Waals surface area (Å²) in [5.41, 5.74) is 0. The van der Waals surface area contributed by atoms with Gasteiger partial charge in [0.15, 0.2) is 0 Å². The monoisotopic (exact) mass is 1030 g/mol. The van der Waals surface area contributed by atoms with Gasteiger partial charge in [0.25, 0.3) is 0 Å². The molecule has 0 amide bonds. The van der Waals surface area contributed by atoms with Crippen LogP contribution in [0.3, 0.4) is 0 Å². The van der Waals surface area contributed by atoms with Gasteiger partial charge >= 0.3 is 368 Å². The molecule has 0 aliphatic heterocycles. The second-order valence-corrected chi connectivity index (χ2v) is 34.5. The topological polar surface area (TPSA) is 80.3 Å². The van der Waals surface area contributed by atoms with Crippen molar-refractivity contribution >= 4 is 39.5 Å². The van der Waals surface area contributed by atoms with E-state index < -0.39 is 53.1 Å². The van der Waals surface area contributed by atoms with E-state index in [-0.39, 0.29) is 0 Å². The van der Waals surface area contributed by atoms with Gasteiger partial charge in [0.05, 0.1) is 0 Å². The Kier molecular flexibility index (Phi) is 48.5. The van der Waals surface area contributed by atoms with E-state index in [2.05, 4.69) is 83.1 Å². The van der Waals surface area contributed by atoms with Gasteiger partial charge in [0.2, 0.25) is 0 Å². The molecule has 0 aromatic carbocycles. The molecule has 0 bridgehead atoms. The Morgan fingerprint density at radius 3 is 0.545 bits per heavy atom. The first kappa shape index (κ1) is 61.0. The van der Waals surface area contributed by atoms with E-state index in [1.165, 1.54) is 154 Å². The molecule has 0 aliphatic rings. The third-order valence-corrected chi connectivity index (χ3v) is 32.5. The van der Waals surface area contributed by atoms with Crippen LogP contribution in [-0.4, -0.2) is 39.5 Å². The third kappa shape index (κ3) is 42.1. The second-order valence-electron chi connectivity index (χ2n) is 17.6. The van der Waals surface area contributed by atoms with Gasteiger partial charge in [-0.15, -0.1) is 0 Å². The molecule has 7 heteroatoms. The van der Waals surface area contributed by atoms with Crippen molar-refractivity contribution in [2.24, 2.45) is 35.5 Å². The van der Waals surface area contributed by atoms with Crippen LogP contribution in [0.4, 0.5) is 0 Å². The zero-order chi connectivity index (χ0) is 42.3. The third-order valence-electron chi connectivity index (χ3n) is 12.7. The molecule has 6 atom stereocenters. The van der Waals surface area contributed by atoms with Gasteiger partial charge in [0.1, 0.15) is 0 Å². The minimum absolute atomic E-state index is 1.07. The molecule has 6 unspecified atom stereocenters. The maximum atomic E-state index is 8.59. The van der Waals surface area contributed by atoms with Crippen molar-refractivity contribution in [3.8, 4) is 0 Å². The molecule has 0 aromatic heterocycles. The summed E-state index contributed by atoms with van der Waals surface area (Å²) >= 11 is -8.24. The van der Waals surface area contributed by atoms with Gasteiger partial charge in [-0.3, -0.25) is 0 Å². The summed E-state index contributed by atoms with van der Waals surface area (Å²) in [6.07, 6.45) is 34.9. The molecule has 332 valence electrons. The van der Waals surface area contributed by atoms with E-state index in [0.29, 0.717) is 0 Å². The van der Waals surface area contributed by atoms with Crippen LogP contribution in [0, 0.1) is 35.5 Å². The van der Waals surface area contributed by atoms with Crippen LogP contribution in [0.2, 0.25) is 26.6 Å². The molecule has 0 radical (unpaired) electrons. The predicted octanol–water partition coefficient (Wildman–Crippen LogP) is 15.6. The fraction of sp³-hybridized carbons (Fsp3) is 1.00. The van der Waals surface area contributed by atoms with Crippen molar-refractivity contribution in [1.82, 2.24) is 0 Å².